The van der Waals surface area contributed by atoms with Gasteiger partial charge in [0.15, 0.2) is 0 Å². The van der Waals surface area contributed by atoms with Gasteiger partial charge in [0.25, 0.3) is 10.0 Å². The van der Waals surface area contributed by atoms with Gasteiger partial charge in [0.2, 0.25) is 0 Å². The molecule has 2 N–H and O–H groups in total. The number of para-hydroxylation sites is 1. The largest absolute Gasteiger partial charge is 0.387 e. The van der Waals surface area contributed by atoms with Crippen molar-refractivity contribution in [3.05, 3.63) is 48.3 Å². The quantitative estimate of drug-likeness (QED) is 0.899. The van der Waals surface area contributed by atoms with Gasteiger partial charge in [-0.15, -0.1) is 0 Å². The highest BCUT2D eigenvalue weighted by atomic mass is 32.2. The van der Waals surface area contributed by atoms with Crippen molar-refractivity contribution in [3.63, 3.8) is 0 Å². The summed E-state index contributed by atoms with van der Waals surface area (Å²) in [4.78, 5) is 4.24. The summed E-state index contributed by atoms with van der Waals surface area (Å²) in [6.07, 6.45) is 1.57. The summed E-state index contributed by atoms with van der Waals surface area (Å²) in [6.45, 7) is 1.80. The zero-order chi connectivity index (χ0) is 13.9. The van der Waals surface area contributed by atoms with Crippen molar-refractivity contribution in [2.45, 2.75) is 11.8 Å². The molecule has 0 aliphatic heterocycles. The van der Waals surface area contributed by atoms with Crippen molar-refractivity contribution in [3.8, 4) is 0 Å². The highest BCUT2D eigenvalue weighted by Crippen LogP contribution is 2.23. The molecule has 6 heteroatoms. The van der Waals surface area contributed by atoms with E-state index in [0.717, 1.165) is 5.69 Å². The number of aryl methyl sites for hydroxylation is 1. The van der Waals surface area contributed by atoms with E-state index in [0.29, 0.717) is 11.4 Å². The van der Waals surface area contributed by atoms with Gasteiger partial charge in [-0.1, -0.05) is 12.1 Å². The minimum atomic E-state index is -3.61. The maximum atomic E-state index is 12.3. The first-order chi connectivity index (χ1) is 9.03. The molecule has 0 saturated heterocycles. The Labute approximate surface area is 112 Å². The average Bonchev–Trinajstić information content (AvgIpc) is 2.38. The molecule has 0 bridgehead atoms. The number of anilines is 2. The van der Waals surface area contributed by atoms with E-state index >= 15 is 0 Å². The summed E-state index contributed by atoms with van der Waals surface area (Å²) in [5.74, 6) is 0. The molecule has 19 heavy (non-hydrogen) atoms. The second-order valence-electron chi connectivity index (χ2n) is 4.04. The molecular formula is C13H15N3O2S. The molecular weight excluding hydrogens is 262 g/mol. The third-order valence-corrected chi connectivity index (χ3v) is 4.03. The number of hydrogen-bond acceptors (Lipinski definition) is 4. The lowest BCUT2D eigenvalue weighted by atomic mass is 10.3. The number of aromatic nitrogens is 1. The van der Waals surface area contributed by atoms with Crippen LogP contribution in [0.5, 0.6) is 0 Å². The van der Waals surface area contributed by atoms with E-state index in [2.05, 4.69) is 15.0 Å². The van der Waals surface area contributed by atoms with Crippen LogP contribution in [0.25, 0.3) is 0 Å². The van der Waals surface area contributed by atoms with Crippen LogP contribution in [-0.4, -0.2) is 20.4 Å². The third kappa shape index (κ3) is 3.03. The molecule has 0 aliphatic carbocycles. The summed E-state index contributed by atoms with van der Waals surface area (Å²) in [7, 11) is -1.93. The predicted molar refractivity (Wildman–Crippen MR) is 75.8 cm³/mol. The van der Waals surface area contributed by atoms with Crippen molar-refractivity contribution in [2.75, 3.05) is 17.1 Å². The van der Waals surface area contributed by atoms with Crippen LogP contribution >= 0.6 is 0 Å². The van der Waals surface area contributed by atoms with Gasteiger partial charge in [0.1, 0.15) is 4.90 Å². The van der Waals surface area contributed by atoms with E-state index in [4.69, 9.17) is 0 Å². The Morgan fingerprint density at radius 2 is 1.89 bits per heavy atom. The van der Waals surface area contributed by atoms with E-state index in [-0.39, 0.29) is 4.90 Å². The summed E-state index contributed by atoms with van der Waals surface area (Å²) in [5, 5.41) is 2.87. The van der Waals surface area contributed by atoms with Crippen LogP contribution in [0.4, 0.5) is 11.4 Å². The summed E-state index contributed by atoms with van der Waals surface area (Å²) >= 11 is 0. The molecule has 2 aromatic rings. The number of hydrogen-bond donors (Lipinski definition) is 2. The molecule has 0 atom stereocenters. The van der Waals surface area contributed by atoms with Crippen molar-refractivity contribution in [1.82, 2.24) is 4.98 Å². The van der Waals surface area contributed by atoms with Crippen LogP contribution in [0.1, 0.15) is 5.69 Å². The molecule has 1 aromatic heterocycles. The van der Waals surface area contributed by atoms with Crippen LogP contribution in [0.3, 0.4) is 0 Å². The normalized spacial score (nSPS) is 11.1. The first kappa shape index (κ1) is 13.4. The van der Waals surface area contributed by atoms with Gasteiger partial charge in [-0.2, -0.15) is 0 Å². The van der Waals surface area contributed by atoms with Crippen LogP contribution in [0.15, 0.2) is 47.5 Å². The molecule has 2 rings (SSSR count). The molecule has 1 aromatic carbocycles. The highest BCUT2D eigenvalue weighted by molar-refractivity contribution is 7.92. The lowest BCUT2D eigenvalue weighted by Gasteiger charge is -2.12. The number of rotatable bonds is 4. The predicted octanol–water partition coefficient (Wildman–Crippen LogP) is 2.23. The Morgan fingerprint density at radius 3 is 2.58 bits per heavy atom. The zero-order valence-corrected chi connectivity index (χ0v) is 11.5. The maximum absolute atomic E-state index is 12.3. The van der Waals surface area contributed by atoms with E-state index in [1.165, 1.54) is 0 Å². The average molecular weight is 277 g/mol. The Bertz CT molecular complexity index is 684. The standard InChI is InChI=1S/C13H15N3O2S/c1-10-9-11(7-8-15-10)16-19(17,18)13-6-4-3-5-12(13)14-2/h3-9,14H,1-2H3,(H,15,16). The van der Waals surface area contributed by atoms with Crippen molar-refractivity contribution < 1.29 is 8.42 Å². The smallest absolute Gasteiger partial charge is 0.263 e. The lowest BCUT2D eigenvalue weighted by Crippen LogP contribution is -2.14. The molecule has 0 radical (unpaired) electrons. The van der Waals surface area contributed by atoms with Gasteiger partial charge in [0.05, 0.1) is 11.4 Å². The van der Waals surface area contributed by atoms with Crippen molar-refractivity contribution in [1.29, 1.82) is 0 Å². The molecule has 0 amide bonds. The minimum Gasteiger partial charge on any atom is -0.387 e. The van der Waals surface area contributed by atoms with E-state index in [1.807, 2.05) is 0 Å². The first-order valence-corrected chi connectivity index (χ1v) is 7.23. The van der Waals surface area contributed by atoms with Gasteiger partial charge in [-0.25, -0.2) is 8.42 Å². The number of nitrogens with zero attached hydrogens (tertiary/aromatic N) is 1. The molecule has 0 saturated carbocycles. The topological polar surface area (TPSA) is 71.1 Å². The van der Waals surface area contributed by atoms with Gasteiger partial charge < -0.3 is 5.32 Å². The number of benzene rings is 1. The van der Waals surface area contributed by atoms with Crippen LogP contribution in [0, 0.1) is 6.92 Å². The Balaban J connectivity index is 2.38. The summed E-state index contributed by atoms with van der Waals surface area (Å²) in [6, 6.07) is 10.0. The summed E-state index contributed by atoms with van der Waals surface area (Å²) in [5.41, 5.74) is 1.81. The van der Waals surface area contributed by atoms with Crippen LogP contribution < -0.4 is 10.0 Å². The molecule has 0 fully saturated rings. The molecule has 5 nitrogen and oxygen atoms in total. The van der Waals surface area contributed by atoms with Gasteiger partial charge in [0, 0.05) is 18.9 Å². The fourth-order valence-electron chi connectivity index (χ4n) is 1.73. The first-order valence-electron chi connectivity index (χ1n) is 5.75. The van der Waals surface area contributed by atoms with Crippen molar-refractivity contribution >= 4 is 21.4 Å². The number of sulfonamides is 1. The van der Waals surface area contributed by atoms with Crippen LogP contribution in [0.2, 0.25) is 0 Å². The zero-order valence-electron chi connectivity index (χ0n) is 10.7. The Kier molecular flexibility index (Phi) is 3.71. The Morgan fingerprint density at radius 1 is 1.16 bits per heavy atom. The molecule has 0 unspecified atom stereocenters. The second-order valence-corrected chi connectivity index (χ2v) is 5.69. The maximum Gasteiger partial charge on any atom is 0.263 e. The minimum absolute atomic E-state index is 0.215. The molecule has 1 heterocycles. The SMILES string of the molecule is CNc1ccccc1S(=O)(=O)Nc1ccnc(C)c1. The fourth-order valence-corrected chi connectivity index (χ4v) is 2.99. The monoisotopic (exact) mass is 277 g/mol. The second kappa shape index (κ2) is 5.27. The fraction of sp³-hybridized carbons (Fsp3) is 0.154. The van der Waals surface area contributed by atoms with E-state index in [9.17, 15) is 8.42 Å². The van der Waals surface area contributed by atoms with Gasteiger partial charge in [-0.3, -0.25) is 9.71 Å². The van der Waals surface area contributed by atoms with Gasteiger partial charge >= 0.3 is 0 Å². The molecule has 100 valence electrons. The number of pyridine rings is 1. The highest BCUT2D eigenvalue weighted by Gasteiger charge is 2.17. The number of nitrogens with one attached hydrogen (secondary N) is 2. The van der Waals surface area contributed by atoms with E-state index < -0.39 is 10.0 Å². The Hall–Kier alpha value is -2.08. The van der Waals surface area contributed by atoms with Gasteiger partial charge in [-0.05, 0) is 31.2 Å². The van der Waals surface area contributed by atoms with Crippen LogP contribution in [-0.2, 0) is 10.0 Å². The molecule has 0 spiro atoms. The third-order valence-electron chi connectivity index (χ3n) is 2.59. The summed E-state index contributed by atoms with van der Waals surface area (Å²) < 4.78 is 27.2. The molecule has 0 aliphatic rings. The van der Waals surface area contributed by atoms with E-state index in [1.54, 1.807) is 56.6 Å². The van der Waals surface area contributed by atoms with Crippen molar-refractivity contribution in [2.24, 2.45) is 0 Å². The lowest BCUT2D eigenvalue weighted by molar-refractivity contribution is 0.601.